The molecule has 4 heterocycles. The number of aliphatic hydroxyl groups excluding tert-OH is 1. The number of fused-ring (bicyclic) bond motifs is 2. The maximum absolute atomic E-state index is 11.8. The third-order valence-electron chi connectivity index (χ3n) is 7.72. The van der Waals surface area contributed by atoms with Crippen molar-refractivity contribution in [2.24, 2.45) is 0 Å². The van der Waals surface area contributed by atoms with Gasteiger partial charge in [0.05, 0.1) is 13.7 Å². The zero-order valence-electron chi connectivity index (χ0n) is 23.3. The zero-order valence-corrected chi connectivity index (χ0v) is 24.3. The molecular formula is C24H39N5O5Si2. The molecule has 4 rings (SSSR count). The Morgan fingerprint density at radius 1 is 1.19 bits per heavy atom. The molecule has 3 N–H and O–H groups in total. The third-order valence-corrected chi connectivity index (χ3v) is 18.0. The molecule has 2 saturated heterocycles. The van der Waals surface area contributed by atoms with Crippen LogP contribution in [0.4, 0.5) is 0 Å². The van der Waals surface area contributed by atoms with Crippen LogP contribution in [0.2, 0.25) is 22.2 Å². The van der Waals surface area contributed by atoms with Crippen molar-refractivity contribution in [2.45, 2.75) is 101 Å². The van der Waals surface area contributed by atoms with Crippen LogP contribution in [0.5, 0.6) is 0 Å². The molecule has 2 aliphatic heterocycles. The largest absolute Gasteiger partial charge is 0.414 e. The number of aliphatic hydroxyl groups is 1. The molecule has 2 aromatic rings. The lowest BCUT2D eigenvalue weighted by Gasteiger charge is -2.51. The van der Waals surface area contributed by atoms with E-state index in [1.807, 2.05) is 0 Å². The summed E-state index contributed by atoms with van der Waals surface area (Å²) < 4.78 is 37.1. The van der Waals surface area contributed by atoms with Gasteiger partial charge in [-0.25, -0.2) is 4.98 Å². The fourth-order valence-electron chi connectivity index (χ4n) is 5.76. The standard InChI is InChI=1S/C24H39N5O5Si2/c1-14(2)35(15(3)4)31-11-19-21(33-36(34-35,16(5)6)17(7)8)22(30)24(12-25,32-19)20-10-9-18-23(26)27-13-28-29(18)20/h9-10,13-17,19,21-22,30H,11H2,1-8H3,(H2,26,27,28)/t19-,21-,22-,24+/m1/s1/i9D. The summed E-state index contributed by atoms with van der Waals surface area (Å²) in [7, 11) is -5.87. The molecule has 0 bridgehead atoms. The van der Waals surface area contributed by atoms with Gasteiger partial charge in [0, 0.05) is 0 Å². The van der Waals surface area contributed by atoms with E-state index in [4.69, 9.17) is 24.5 Å². The van der Waals surface area contributed by atoms with E-state index in [-0.39, 0.29) is 51.5 Å². The van der Waals surface area contributed by atoms with E-state index in [1.165, 1.54) is 16.9 Å². The Morgan fingerprint density at radius 3 is 2.36 bits per heavy atom. The number of hydrogen-bond donors (Lipinski definition) is 3. The van der Waals surface area contributed by atoms with Crippen molar-refractivity contribution >= 4 is 22.6 Å². The van der Waals surface area contributed by atoms with Crippen LogP contribution in [0.1, 0.15) is 62.5 Å². The van der Waals surface area contributed by atoms with Gasteiger partial charge in [0.2, 0.25) is 5.60 Å². The first-order valence-corrected chi connectivity index (χ1v) is 16.6. The maximum atomic E-state index is 11.8. The Hall–Kier alpha value is -1.86. The van der Waals surface area contributed by atoms with Crippen molar-refractivity contribution < 1.29 is 24.2 Å². The van der Waals surface area contributed by atoms with Gasteiger partial charge in [0.15, 0.2) is 5.49 Å². The molecule has 2 aromatic heterocycles. The van der Waals surface area contributed by atoms with Crippen molar-refractivity contribution in [3.05, 3.63) is 29.6 Å². The maximum Gasteiger partial charge on any atom is 0.335 e. The topological polar surface area (TPSA) is 138 Å². The number of aromatic amines is 1. The predicted molar refractivity (Wildman–Crippen MR) is 137 cm³/mol. The molecule has 198 valence electrons. The highest BCUT2D eigenvalue weighted by Gasteiger charge is 2.65. The van der Waals surface area contributed by atoms with Gasteiger partial charge in [0.25, 0.3) is 0 Å². The zero-order chi connectivity index (χ0) is 27.5. The van der Waals surface area contributed by atoms with E-state index in [0.29, 0.717) is 0 Å². The Kier molecular flexibility index (Phi) is 6.78. The first kappa shape index (κ1) is 25.8. The number of ether oxygens (including phenoxy) is 1. The van der Waals surface area contributed by atoms with Crippen molar-refractivity contribution in [1.29, 1.82) is 10.7 Å². The lowest BCUT2D eigenvalue weighted by Crippen LogP contribution is -2.66. The molecule has 0 spiro atoms. The van der Waals surface area contributed by atoms with Gasteiger partial charge in [-0.1, -0.05) is 55.4 Å². The second-order valence-corrected chi connectivity index (χ2v) is 19.9. The van der Waals surface area contributed by atoms with Crippen LogP contribution in [0.25, 0.3) is 5.52 Å². The molecule has 12 heteroatoms. The molecule has 0 unspecified atom stereocenters. The van der Waals surface area contributed by atoms with Gasteiger partial charge >= 0.3 is 17.1 Å². The van der Waals surface area contributed by atoms with Crippen LogP contribution in [-0.4, -0.2) is 61.7 Å². The van der Waals surface area contributed by atoms with Crippen molar-refractivity contribution in [3.8, 4) is 6.07 Å². The Morgan fingerprint density at radius 2 is 1.81 bits per heavy atom. The molecule has 0 radical (unpaired) electrons. The summed E-state index contributed by atoms with van der Waals surface area (Å²) in [5.74, 6) is 0. The Labute approximate surface area is 216 Å². The lowest BCUT2D eigenvalue weighted by molar-refractivity contribution is -0.0679. The highest BCUT2D eigenvalue weighted by molar-refractivity contribution is 6.84. The second-order valence-electron chi connectivity index (χ2n) is 11.1. The Balaban J connectivity index is 1.89. The number of nitrogens with one attached hydrogen (secondary N) is 2. The fourth-order valence-corrected chi connectivity index (χ4v) is 17.0. The van der Waals surface area contributed by atoms with Gasteiger partial charge < -0.3 is 22.8 Å². The van der Waals surface area contributed by atoms with Gasteiger partial charge in [-0.05, 0) is 34.3 Å². The molecular weight excluding hydrogens is 494 g/mol. The van der Waals surface area contributed by atoms with E-state index in [0.717, 1.165) is 0 Å². The first-order valence-electron chi connectivity index (χ1n) is 13.2. The summed E-state index contributed by atoms with van der Waals surface area (Å²) >= 11 is 0. The summed E-state index contributed by atoms with van der Waals surface area (Å²) in [5.41, 5.74) is -1.21. The van der Waals surface area contributed by atoms with E-state index in [9.17, 15) is 10.4 Å². The second kappa shape index (κ2) is 9.47. The molecule has 0 aliphatic carbocycles. The smallest absolute Gasteiger partial charge is 0.335 e. The number of nitriles is 1. The average Bonchev–Trinajstić information content (AvgIpc) is 3.28. The summed E-state index contributed by atoms with van der Waals surface area (Å²) in [6.07, 6.45) is -1.69. The van der Waals surface area contributed by atoms with Gasteiger partial charge in [-0.3, -0.25) is 15.0 Å². The minimum atomic E-state index is -3.05. The SMILES string of the molecule is [2H]c1cc([C@]2(C#N)O[C@@H]3CO[Si](C(C)C)(C(C)C)O[Si](C(C)C)(C(C)C)O[C@H]3[C@H]2O)n2[nH]cnc(=N)c12. The van der Waals surface area contributed by atoms with Gasteiger partial charge in [-0.15, -0.1) is 0 Å². The summed E-state index contributed by atoms with van der Waals surface area (Å²) in [5, 5.41) is 33.3. The molecule has 0 aromatic carbocycles. The van der Waals surface area contributed by atoms with E-state index < -0.39 is 41.0 Å². The van der Waals surface area contributed by atoms with Crippen molar-refractivity contribution in [1.82, 2.24) is 14.6 Å². The van der Waals surface area contributed by atoms with Gasteiger partial charge in [-0.2, -0.15) is 5.26 Å². The van der Waals surface area contributed by atoms with Crippen LogP contribution < -0.4 is 5.49 Å². The number of nitrogens with zero attached hydrogens (tertiary/aromatic N) is 3. The highest BCUT2D eigenvalue weighted by Crippen LogP contribution is 2.50. The number of aromatic nitrogens is 3. The Bertz CT molecular complexity index is 1240. The number of hydrogen-bond acceptors (Lipinski definition) is 8. The number of rotatable bonds is 5. The normalized spacial score (nSPS) is 30.4. The molecule has 36 heavy (non-hydrogen) atoms. The minimum Gasteiger partial charge on any atom is -0.414 e. The monoisotopic (exact) mass is 534 g/mol. The summed E-state index contributed by atoms with van der Waals surface area (Å²) in [4.78, 5) is 3.91. The van der Waals surface area contributed by atoms with Crippen LogP contribution >= 0.6 is 0 Å². The minimum absolute atomic E-state index is 0.00119. The molecule has 2 aliphatic rings. The van der Waals surface area contributed by atoms with Crippen molar-refractivity contribution in [2.75, 3.05) is 6.61 Å². The van der Waals surface area contributed by atoms with Crippen LogP contribution in [0.3, 0.4) is 0 Å². The van der Waals surface area contributed by atoms with Crippen molar-refractivity contribution in [3.63, 3.8) is 0 Å². The summed E-state index contributed by atoms with van der Waals surface area (Å²) in [6, 6.07) is 3.62. The average molecular weight is 535 g/mol. The van der Waals surface area contributed by atoms with E-state index >= 15 is 0 Å². The highest BCUT2D eigenvalue weighted by atomic mass is 28.5. The van der Waals surface area contributed by atoms with Gasteiger partial charge in [0.1, 0.15) is 36.2 Å². The third kappa shape index (κ3) is 3.84. The molecule has 0 saturated carbocycles. The first-order chi connectivity index (χ1) is 17.3. The molecule has 0 amide bonds. The molecule has 10 nitrogen and oxygen atoms in total. The quantitative estimate of drug-likeness (QED) is 0.499. The van der Waals surface area contributed by atoms with E-state index in [1.54, 1.807) is 0 Å². The summed E-state index contributed by atoms with van der Waals surface area (Å²) in [6.45, 7) is 17.0. The molecule has 4 atom stereocenters. The fraction of sp³-hybridized carbons (Fsp3) is 0.708. The molecule has 2 fully saturated rings. The van der Waals surface area contributed by atoms with Crippen LogP contribution in [-0.2, 0) is 23.3 Å². The lowest BCUT2D eigenvalue weighted by atomic mass is 9.92. The van der Waals surface area contributed by atoms with Crippen LogP contribution in [0.15, 0.2) is 18.4 Å². The number of H-pyrrole nitrogens is 1. The van der Waals surface area contributed by atoms with E-state index in [2.05, 4.69) is 71.5 Å². The van der Waals surface area contributed by atoms with Crippen LogP contribution in [0, 0.1) is 16.7 Å². The predicted octanol–water partition coefficient (Wildman–Crippen LogP) is 3.58.